The Morgan fingerprint density at radius 3 is 2.39 bits per heavy atom. The predicted octanol–water partition coefficient (Wildman–Crippen LogP) is 2.47. The van der Waals surface area contributed by atoms with Gasteiger partial charge in [-0.3, -0.25) is 4.79 Å². The summed E-state index contributed by atoms with van der Waals surface area (Å²) in [5.41, 5.74) is 6.91. The second-order valence-electron chi connectivity index (χ2n) is 6.21. The minimum atomic E-state index is -3.77. The van der Waals surface area contributed by atoms with Gasteiger partial charge in [0.25, 0.3) is 0 Å². The van der Waals surface area contributed by atoms with E-state index in [0.717, 1.165) is 6.42 Å². The number of benzene rings is 2. The van der Waals surface area contributed by atoms with E-state index in [-0.39, 0.29) is 36.3 Å². The molecule has 1 atom stereocenters. The average Bonchev–Trinajstić information content (AvgIpc) is 2.65. The van der Waals surface area contributed by atoms with Crippen molar-refractivity contribution < 1.29 is 17.6 Å². The van der Waals surface area contributed by atoms with Crippen LogP contribution in [-0.2, 0) is 27.9 Å². The normalized spacial score (nSPS) is 12.1. The number of nitrogens with one attached hydrogen (secondary N) is 2. The Kier molecular flexibility index (Phi) is 9.54. The zero-order valence-corrected chi connectivity index (χ0v) is 17.2. The summed E-state index contributed by atoms with van der Waals surface area (Å²) in [6.45, 7) is 2.11. The lowest BCUT2D eigenvalue weighted by atomic mass is 10.1. The van der Waals surface area contributed by atoms with E-state index in [2.05, 4.69) is 10.0 Å². The van der Waals surface area contributed by atoms with Gasteiger partial charge in [-0.25, -0.2) is 17.5 Å². The highest BCUT2D eigenvalue weighted by Crippen LogP contribution is 2.13. The zero-order valence-electron chi connectivity index (χ0n) is 15.5. The van der Waals surface area contributed by atoms with Gasteiger partial charge in [0.05, 0.1) is 10.9 Å². The van der Waals surface area contributed by atoms with E-state index in [0.29, 0.717) is 17.5 Å². The molecule has 0 spiro atoms. The summed E-state index contributed by atoms with van der Waals surface area (Å²) in [4.78, 5) is 12.0. The molecule has 2 aromatic carbocycles. The third-order valence-electron chi connectivity index (χ3n) is 3.97. The number of halogens is 2. The molecule has 0 aliphatic carbocycles. The molecule has 0 saturated carbocycles. The third-order valence-corrected chi connectivity index (χ3v) is 5.37. The van der Waals surface area contributed by atoms with Gasteiger partial charge in [0.2, 0.25) is 15.9 Å². The Bertz CT molecular complexity index is 893. The number of hydrogen-bond donors (Lipinski definition) is 3. The molecular weight excluding hydrogens is 405 g/mol. The van der Waals surface area contributed by atoms with E-state index in [1.54, 1.807) is 18.2 Å². The van der Waals surface area contributed by atoms with Crippen LogP contribution in [0.2, 0.25) is 0 Å². The van der Waals surface area contributed by atoms with E-state index in [1.807, 2.05) is 6.92 Å². The smallest absolute Gasteiger partial charge is 0.240 e. The second kappa shape index (κ2) is 11.1. The van der Waals surface area contributed by atoms with Crippen LogP contribution in [0.5, 0.6) is 0 Å². The van der Waals surface area contributed by atoms with Crippen molar-refractivity contribution in [3.8, 4) is 0 Å². The lowest BCUT2D eigenvalue weighted by molar-refractivity contribution is -0.122. The molecule has 0 saturated heterocycles. The molecule has 0 bridgehead atoms. The largest absolute Gasteiger partial charge is 0.351 e. The van der Waals surface area contributed by atoms with Crippen molar-refractivity contribution in [1.82, 2.24) is 10.0 Å². The van der Waals surface area contributed by atoms with E-state index in [9.17, 15) is 17.6 Å². The minimum absolute atomic E-state index is 0. The van der Waals surface area contributed by atoms with Crippen LogP contribution in [0.3, 0.4) is 0 Å². The summed E-state index contributed by atoms with van der Waals surface area (Å²) >= 11 is 0. The van der Waals surface area contributed by atoms with Crippen molar-refractivity contribution in [2.45, 2.75) is 43.8 Å². The maximum absolute atomic E-state index is 13.2. The molecule has 2 rings (SSSR count). The van der Waals surface area contributed by atoms with Gasteiger partial charge in [-0.05, 0) is 41.8 Å². The summed E-state index contributed by atoms with van der Waals surface area (Å²) in [6, 6.07) is 11.4. The van der Waals surface area contributed by atoms with E-state index in [4.69, 9.17) is 5.73 Å². The van der Waals surface area contributed by atoms with E-state index >= 15 is 0 Å². The third kappa shape index (κ3) is 7.20. The van der Waals surface area contributed by atoms with Gasteiger partial charge in [-0.15, -0.1) is 12.4 Å². The van der Waals surface area contributed by atoms with Crippen molar-refractivity contribution in [1.29, 1.82) is 0 Å². The first-order valence-electron chi connectivity index (χ1n) is 8.68. The summed E-state index contributed by atoms with van der Waals surface area (Å²) < 4.78 is 40.6. The number of carbonyl (C=O) groups is 1. The molecule has 6 nitrogen and oxygen atoms in total. The Balaban J connectivity index is 0.00000392. The Morgan fingerprint density at radius 2 is 1.75 bits per heavy atom. The van der Waals surface area contributed by atoms with Crippen LogP contribution in [0.25, 0.3) is 0 Å². The molecule has 9 heteroatoms. The molecule has 2 aromatic rings. The first kappa shape index (κ1) is 24.0. The van der Waals surface area contributed by atoms with Gasteiger partial charge in [0.15, 0.2) is 0 Å². The van der Waals surface area contributed by atoms with Crippen LogP contribution in [0.1, 0.15) is 30.9 Å². The van der Waals surface area contributed by atoms with Crippen molar-refractivity contribution in [2.75, 3.05) is 0 Å². The standard InChI is InChI=1S/C19H24FN3O3S.ClH/c1-2-5-18(21)19(24)22-12-15-7-4-9-17(11-15)27(25,26)23-13-14-6-3-8-16(20)10-14;/h3-4,6-11,18,23H,2,5,12-13,21H2,1H3,(H,22,24);1H. The fourth-order valence-electron chi connectivity index (χ4n) is 2.49. The molecule has 1 amide bonds. The molecular formula is C19H25ClFN3O3S. The first-order chi connectivity index (χ1) is 12.8. The number of sulfonamides is 1. The fraction of sp³-hybridized carbons (Fsp3) is 0.316. The van der Waals surface area contributed by atoms with Crippen molar-refractivity contribution in [3.63, 3.8) is 0 Å². The van der Waals surface area contributed by atoms with Crippen LogP contribution in [0.15, 0.2) is 53.4 Å². The summed E-state index contributed by atoms with van der Waals surface area (Å²) in [7, 11) is -3.77. The van der Waals surface area contributed by atoms with Gasteiger partial charge >= 0.3 is 0 Å². The van der Waals surface area contributed by atoms with Crippen LogP contribution in [0.4, 0.5) is 4.39 Å². The number of rotatable bonds is 9. The van der Waals surface area contributed by atoms with Crippen molar-refractivity contribution in [2.24, 2.45) is 5.73 Å². The van der Waals surface area contributed by atoms with Crippen molar-refractivity contribution >= 4 is 28.3 Å². The number of nitrogens with two attached hydrogens (primary N) is 1. The van der Waals surface area contributed by atoms with Gasteiger partial charge in [0, 0.05) is 13.1 Å². The molecule has 28 heavy (non-hydrogen) atoms. The highest BCUT2D eigenvalue weighted by Gasteiger charge is 2.15. The summed E-state index contributed by atoms with van der Waals surface area (Å²) in [5.74, 6) is -0.694. The summed E-state index contributed by atoms with van der Waals surface area (Å²) in [5, 5.41) is 2.71. The van der Waals surface area contributed by atoms with Crippen LogP contribution < -0.4 is 15.8 Å². The minimum Gasteiger partial charge on any atom is -0.351 e. The predicted molar refractivity (Wildman–Crippen MR) is 109 cm³/mol. The van der Waals surface area contributed by atoms with Crippen LogP contribution in [0, 0.1) is 5.82 Å². The van der Waals surface area contributed by atoms with Gasteiger partial charge in [-0.2, -0.15) is 0 Å². The van der Waals surface area contributed by atoms with Crippen LogP contribution in [-0.4, -0.2) is 20.4 Å². The topological polar surface area (TPSA) is 101 Å². The fourth-order valence-corrected chi connectivity index (χ4v) is 3.58. The maximum atomic E-state index is 13.2. The molecule has 0 heterocycles. The maximum Gasteiger partial charge on any atom is 0.240 e. The Hall–Kier alpha value is -2.00. The van der Waals surface area contributed by atoms with Crippen LogP contribution >= 0.6 is 12.4 Å². The molecule has 0 radical (unpaired) electrons. The Labute approximate surface area is 171 Å². The van der Waals surface area contributed by atoms with Gasteiger partial charge in [-0.1, -0.05) is 37.6 Å². The molecule has 154 valence electrons. The molecule has 0 aromatic heterocycles. The molecule has 0 aliphatic rings. The van der Waals surface area contributed by atoms with E-state index in [1.165, 1.54) is 30.3 Å². The molecule has 4 N–H and O–H groups in total. The lowest BCUT2D eigenvalue weighted by Gasteiger charge is -2.12. The van der Waals surface area contributed by atoms with Crippen molar-refractivity contribution in [3.05, 3.63) is 65.5 Å². The Morgan fingerprint density at radius 1 is 1.11 bits per heavy atom. The number of hydrogen-bond acceptors (Lipinski definition) is 4. The molecule has 1 unspecified atom stereocenters. The molecule has 0 fully saturated rings. The number of carbonyl (C=O) groups excluding carboxylic acids is 1. The molecule has 0 aliphatic heterocycles. The first-order valence-corrected chi connectivity index (χ1v) is 10.2. The summed E-state index contributed by atoms with van der Waals surface area (Å²) in [6.07, 6.45) is 1.39. The lowest BCUT2D eigenvalue weighted by Crippen LogP contribution is -2.40. The SMILES string of the molecule is CCCC(N)C(=O)NCc1cccc(S(=O)(=O)NCc2cccc(F)c2)c1.Cl. The highest BCUT2D eigenvalue weighted by atomic mass is 35.5. The second-order valence-corrected chi connectivity index (χ2v) is 7.98. The number of amides is 1. The average molecular weight is 430 g/mol. The quantitative estimate of drug-likeness (QED) is 0.569. The van der Waals surface area contributed by atoms with Gasteiger partial charge in [0.1, 0.15) is 5.82 Å². The monoisotopic (exact) mass is 429 g/mol. The van der Waals surface area contributed by atoms with Gasteiger partial charge < -0.3 is 11.1 Å². The zero-order chi connectivity index (χ0) is 19.9. The highest BCUT2D eigenvalue weighted by molar-refractivity contribution is 7.89. The van der Waals surface area contributed by atoms with E-state index < -0.39 is 21.9 Å².